The fourth-order valence-electron chi connectivity index (χ4n) is 2.40. The molecular formula is C19H25ClIN3O3. The molecule has 1 atom stereocenters. The highest BCUT2D eigenvalue weighted by Gasteiger charge is 2.07. The lowest BCUT2D eigenvalue weighted by atomic mass is 10.1. The average Bonchev–Trinajstić information content (AvgIpc) is 2.66. The summed E-state index contributed by atoms with van der Waals surface area (Å²) in [6.45, 7) is 0.790. The topological polar surface area (TPSA) is 89.1 Å². The summed E-state index contributed by atoms with van der Waals surface area (Å²) in [5.41, 5.74) is 7.69. The lowest BCUT2D eigenvalue weighted by molar-refractivity contribution is 0.187. The van der Waals surface area contributed by atoms with Gasteiger partial charge in [-0.05, 0) is 41.8 Å². The van der Waals surface area contributed by atoms with Gasteiger partial charge in [-0.2, -0.15) is 0 Å². The molecule has 0 saturated carbocycles. The van der Waals surface area contributed by atoms with E-state index in [1.165, 1.54) is 0 Å². The minimum absolute atomic E-state index is 0. The molecule has 0 aliphatic carbocycles. The Morgan fingerprint density at radius 1 is 1.15 bits per heavy atom. The Balaban J connectivity index is 0.00000364. The first kappa shape index (κ1) is 23.3. The van der Waals surface area contributed by atoms with Crippen molar-refractivity contribution in [3.63, 3.8) is 0 Å². The molecule has 0 spiro atoms. The summed E-state index contributed by atoms with van der Waals surface area (Å²) in [6, 6.07) is 12.8. The number of ether oxygens (including phenoxy) is 2. The lowest BCUT2D eigenvalue weighted by Gasteiger charge is -2.11. The van der Waals surface area contributed by atoms with Crippen molar-refractivity contribution in [3.8, 4) is 11.5 Å². The quantitative estimate of drug-likeness (QED) is 0.291. The number of guanidine groups is 1. The summed E-state index contributed by atoms with van der Waals surface area (Å²) in [4.78, 5) is 4.17. The standard InChI is InChI=1S/C19H24ClN3O3.HI/c1-25-17-8-3-13(11-18(17)26-2)9-10-22-19(21)23-12-16(24)14-4-6-15(20)7-5-14;/h3-8,11,16,24H,9-10,12H2,1-2H3,(H3,21,22,23);1H. The fourth-order valence-corrected chi connectivity index (χ4v) is 2.53. The summed E-state index contributed by atoms with van der Waals surface area (Å²) in [5.74, 6) is 1.68. The maximum atomic E-state index is 10.1. The van der Waals surface area contributed by atoms with E-state index in [0.717, 1.165) is 17.5 Å². The van der Waals surface area contributed by atoms with Crippen molar-refractivity contribution in [2.75, 3.05) is 27.3 Å². The molecule has 1 unspecified atom stereocenters. The van der Waals surface area contributed by atoms with Crippen LogP contribution < -0.4 is 20.5 Å². The number of rotatable bonds is 8. The van der Waals surface area contributed by atoms with Crippen LogP contribution in [0.4, 0.5) is 0 Å². The highest BCUT2D eigenvalue weighted by molar-refractivity contribution is 14.0. The molecule has 0 fully saturated rings. The van der Waals surface area contributed by atoms with Crippen LogP contribution in [-0.2, 0) is 6.42 Å². The van der Waals surface area contributed by atoms with Crippen molar-refractivity contribution >= 4 is 41.5 Å². The van der Waals surface area contributed by atoms with Crippen LogP contribution in [0, 0.1) is 0 Å². The van der Waals surface area contributed by atoms with Gasteiger partial charge in [0.25, 0.3) is 0 Å². The normalized spacial score (nSPS) is 12.1. The number of aliphatic imine (C=N–C) groups is 1. The predicted octanol–water partition coefficient (Wildman–Crippen LogP) is 3.16. The van der Waals surface area contributed by atoms with Gasteiger partial charge in [0.15, 0.2) is 17.5 Å². The predicted molar refractivity (Wildman–Crippen MR) is 120 cm³/mol. The average molecular weight is 506 g/mol. The first-order chi connectivity index (χ1) is 12.5. The number of hydrogen-bond acceptors (Lipinski definition) is 4. The maximum Gasteiger partial charge on any atom is 0.188 e. The van der Waals surface area contributed by atoms with E-state index >= 15 is 0 Å². The first-order valence-electron chi connectivity index (χ1n) is 8.21. The molecule has 2 aromatic carbocycles. The molecule has 148 valence electrons. The Morgan fingerprint density at radius 2 is 1.81 bits per heavy atom. The number of nitrogens with two attached hydrogens (primary N) is 1. The van der Waals surface area contributed by atoms with Gasteiger partial charge in [-0.25, -0.2) is 0 Å². The van der Waals surface area contributed by atoms with Gasteiger partial charge in [0.1, 0.15) is 0 Å². The number of aliphatic hydroxyl groups excluding tert-OH is 1. The number of nitrogens with one attached hydrogen (secondary N) is 1. The molecule has 0 aliphatic heterocycles. The lowest BCUT2D eigenvalue weighted by Crippen LogP contribution is -2.33. The molecule has 8 heteroatoms. The van der Waals surface area contributed by atoms with Gasteiger partial charge in [0, 0.05) is 11.6 Å². The minimum Gasteiger partial charge on any atom is -0.493 e. The third-order valence-electron chi connectivity index (χ3n) is 3.86. The Bertz CT molecular complexity index is 741. The van der Waals surface area contributed by atoms with Gasteiger partial charge in [-0.15, -0.1) is 24.0 Å². The summed E-state index contributed by atoms with van der Waals surface area (Å²) >= 11 is 5.83. The van der Waals surface area contributed by atoms with Crippen LogP contribution in [-0.4, -0.2) is 38.4 Å². The van der Waals surface area contributed by atoms with E-state index in [9.17, 15) is 5.11 Å². The van der Waals surface area contributed by atoms with E-state index in [-0.39, 0.29) is 30.5 Å². The molecule has 0 saturated heterocycles. The largest absolute Gasteiger partial charge is 0.493 e. The zero-order chi connectivity index (χ0) is 18.9. The fraction of sp³-hybridized carbons (Fsp3) is 0.316. The van der Waals surface area contributed by atoms with E-state index in [4.69, 9.17) is 26.8 Å². The minimum atomic E-state index is -0.724. The van der Waals surface area contributed by atoms with Crippen molar-refractivity contribution < 1.29 is 14.6 Å². The van der Waals surface area contributed by atoms with Gasteiger partial charge < -0.3 is 25.6 Å². The molecule has 0 aromatic heterocycles. The van der Waals surface area contributed by atoms with Crippen molar-refractivity contribution in [1.29, 1.82) is 0 Å². The monoisotopic (exact) mass is 505 g/mol. The molecule has 0 heterocycles. The number of aliphatic hydroxyl groups is 1. The molecular weight excluding hydrogens is 481 g/mol. The molecule has 6 nitrogen and oxygen atoms in total. The van der Waals surface area contributed by atoms with Gasteiger partial charge in [-0.3, -0.25) is 4.99 Å². The molecule has 0 aliphatic rings. The molecule has 0 bridgehead atoms. The zero-order valence-electron chi connectivity index (χ0n) is 15.3. The van der Waals surface area contributed by atoms with Gasteiger partial charge in [0.2, 0.25) is 0 Å². The van der Waals surface area contributed by atoms with E-state index in [1.807, 2.05) is 18.2 Å². The van der Waals surface area contributed by atoms with Crippen LogP contribution in [0.1, 0.15) is 17.2 Å². The van der Waals surface area contributed by atoms with Crippen LogP contribution in [0.15, 0.2) is 47.5 Å². The van der Waals surface area contributed by atoms with Gasteiger partial charge >= 0.3 is 0 Å². The number of hydrogen-bond donors (Lipinski definition) is 3. The van der Waals surface area contributed by atoms with Gasteiger partial charge in [-0.1, -0.05) is 29.8 Å². The third kappa shape index (κ3) is 7.43. The summed E-state index contributed by atoms with van der Waals surface area (Å²) in [5, 5.41) is 13.8. The van der Waals surface area contributed by atoms with E-state index in [0.29, 0.717) is 29.0 Å². The van der Waals surface area contributed by atoms with Gasteiger partial charge in [0.05, 0.1) is 26.9 Å². The highest BCUT2D eigenvalue weighted by Crippen LogP contribution is 2.27. The molecule has 0 amide bonds. The Labute approximate surface area is 181 Å². The third-order valence-corrected chi connectivity index (χ3v) is 4.11. The second-order valence-corrected chi connectivity index (χ2v) is 6.10. The van der Waals surface area contributed by atoms with Crippen LogP contribution in [0.2, 0.25) is 5.02 Å². The molecule has 2 rings (SSSR count). The van der Waals surface area contributed by atoms with E-state index in [2.05, 4.69) is 10.3 Å². The molecule has 27 heavy (non-hydrogen) atoms. The zero-order valence-corrected chi connectivity index (χ0v) is 18.4. The Morgan fingerprint density at radius 3 is 2.44 bits per heavy atom. The Hall–Kier alpha value is -1.71. The second kappa shape index (κ2) is 11.9. The number of halogens is 2. The number of benzene rings is 2. The smallest absolute Gasteiger partial charge is 0.188 e. The second-order valence-electron chi connectivity index (χ2n) is 5.66. The van der Waals surface area contributed by atoms with E-state index in [1.54, 1.807) is 38.5 Å². The number of nitrogens with zero attached hydrogens (tertiary/aromatic N) is 1. The summed E-state index contributed by atoms with van der Waals surface area (Å²) in [6.07, 6.45) is 0.0227. The molecule has 4 N–H and O–H groups in total. The van der Waals surface area contributed by atoms with Crippen molar-refractivity contribution in [1.82, 2.24) is 5.32 Å². The molecule has 0 radical (unpaired) electrons. The van der Waals surface area contributed by atoms with Crippen molar-refractivity contribution in [2.45, 2.75) is 12.5 Å². The molecule has 2 aromatic rings. The van der Waals surface area contributed by atoms with Crippen molar-refractivity contribution in [2.24, 2.45) is 10.7 Å². The highest BCUT2D eigenvalue weighted by atomic mass is 127. The SMILES string of the molecule is COc1ccc(CCNC(N)=NCC(O)c2ccc(Cl)cc2)cc1OC.I. The van der Waals surface area contributed by atoms with Crippen LogP contribution in [0.5, 0.6) is 11.5 Å². The summed E-state index contributed by atoms with van der Waals surface area (Å²) < 4.78 is 10.5. The summed E-state index contributed by atoms with van der Waals surface area (Å²) in [7, 11) is 3.21. The maximum absolute atomic E-state index is 10.1. The number of methoxy groups -OCH3 is 2. The van der Waals surface area contributed by atoms with Crippen LogP contribution >= 0.6 is 35.6 Å². The van der Waals surface area contributed by atoms with Crippen LogP contribution in [0.3, 0.4) is 0 Å². The van der Waals surface area contributed by atoms with Crippen LogP contribution in [0.25, 0.3) is 0 Å². The van der Waals surface area contributed by atoms with E-state index < -0.39 is 6.10 Å². The first-order valence-corrected chi connectivity index (χ1v) is 8.59. The Kier molecular flexibility index (Phi) is 10.3. The van der Waals surface area contributed by atoms with Crippen molar-refractivity contribution in [3.05, 3.63) is 58.6 Å².